The summed E-state index contributed by atoms with van der Waals surface area (Å²) in [5.74, 6) is 2.85. The van der Waals surface area contributed by atoms with Gasteiger partial charge in [0, 0.05) is 23.0 Å². The lowest BCUT2D eigenvalue weighted by atomic mass is 10.0. The normalized spacial score (nSPS) is 13.4. The molecule has 116 valence electrons. The summed E-state index contributed by atoms with van der Waals surface area (Å²) in [6.45, 7) is 4.12. The largest absolute Gasteiger partial charge is 0.310 e. The van der Waals surface area contributed by atoms with Gasteiger partial charge in [0.05, 0.1) is 11.4 Å². The molecule has 2 heterocycles. The van der Waals surface area contributed by atoms with Crippen molar-refractivity contribution in [1.82, 2.24) is 9.78 Å². The summed E-state index contributed by atoms with van der Waals surface area (Å²) in [6.07, 6.45) is 1.72. The second-order valence-corrected chi connectivity index (χ2v) is 6.50. The second-order valence-electron chi connectivity index (χ2n) is 5.52. The standard InChI is InChI=1S/C17H21N3OS/c1-3-12(4-2)17(21)18-16-14-10-22-11-15(14)19-20(16)13-8-6-5-7-9-13/h5-9,12H,3-4,10-11H2,1-2H3,(H,18,21). The highest BCUT2D eigenvalue weighted by Gasteiger charge is 2.26. The lowest BCUT2D eigenvalue weighted by Crippen LogP contribution is -2.23. The van der Waals surface area contributed by atoms with Crippen molar-refractivity contribution in [1.29, 1.82) is 0 Å². The number of fused-ring (bicyclic) bond motifs is 1. The number of anilines is 1. The van der Waals surface area contributed by atoms with Gasteiger partial charge in [-0.25, -0.2) is 4.68 Å². The van der Waals surface area contributed by atoms with E-state index in [0.29, 0.717) is 0 Å². The molecule has 0 bridgehead atoms. The monoisotopic (exact) mass is 315 g/mol. The molecule has 1 amide bonds. The fourth-order valence-corrected chi connectivity index (χ4v) is 3.81. The Kier molecular flexibility index (Phi) is 4.52. The number of thioether (sulfide) groups is 1. The molecule has 3 rings (SSSR count). The Bertz CT molecular complexity index is 662. The summed E-state index contributed by atoms with van der Waals surface area (Å²) in [6, 6.07) is 10.00. The molecular weight excluding hydrogens is 294 g/mol. The van der Waals surface area contributed by atoms with Gasteiger partial charge in [-0.05, 0) is 25.0 Å². The fraction of sp³-hybridized carbons (Fsp3) is 0.412. The third-order valence-electron chi connectivity index (χ3n) is 4.15. The van der Waals surface area contributed by atoms with Crippen LogP contribution in [0.2, 0.25) is 0 Å². The van der Waals surface area contributed by atoms with Gasteiger partial charge in [0.1, 0.15) is 5.82 Å². The number of para-hydroxylation sites is 1. The Hall–Kier alpha value is -1.75. The first-order chi connectivity index (χ1) is 10.7. The van der Waals surface area contributed by atoms with Crippen molar-refractivity contribution in [3.05, 3.63) is 41.6 Å². The van der Waals surface area contributed by atoms with Gasteiger partial charge in [-0.15, -0.1) is 0 Å². The van der Waals surface area contributed by atoms with Gasteiger partial charge < -0.3 is 5.32 Å². The molecule has 0 unspecified atom stereocenters. The molecule has 0 saturated heterocycles. The number of hydrogen-bond acceptors (Lipinski definition) is 3. The molecule has 5 heteroatoms. The highest BCUT2D eigenvalue weighted by Crippen LogP contribution is 2.36. The van der Waals surface area contributed by atoms with Crippen LogP contribution in [0.4, 0.5) is 5.82 Å². The van der Waals surface area contributed by atoms with E-state index in [1.165, 1.54) is 5.56 Å². The predicted molar refractivity (Wildman–Crippen MR) is 91.3 cm³/mol. The highest BCUT2D eigenvalue weighted by molar-refractivity contribution is 7.98. The van der Waals surface area contributed by atoms with E-state index in [4.69, 9.17) is 5.10 Å². The van der Waals surface area contributed by atoms with Crippen LogP contribution in [0, 0.1) is 5.92 Å². The first-order valence-electron chi connectivity index (χ1n) is 7.79. The first-order valence-corrected chi connectivity index (χ1v) is 8.94. The number of nitrogens with zero attached hydrogens (tertiary/aromatic N) is 2. The van der Waals surface area contributed by atoms with E-state index in [1.807, 2.05) is 46.8 Å². The number of hydrogen-bond donors (Lipinski definition) is 1. The summed E-state index contributed by atoms with van der Waals surface area (Å²) in [4.78, 5) is 12.5. The molecule has 0 spiro atoms. The van der Waals surface area contributed by atoms with Crippen molar-refractivity contribution in [2.24, 2.45) is 5.92 Å². The summed E-state index contributed by atoms with van der Waals surface area (Å²) in [5.41, 5.74) is 3.25. The maximum absolute atomic E-state index is 12.5. The van der Waals surface area contributed by atoms with Crippen molar-refractivity contribution >= 4 is 23.5 Å². The number of carbonyl (C=O) groups is 1. The van der Waals surface area contributed by atoms with Crippen LogP contribution in [-0.4, -0.2) is 15.7 Å². The zero-order chi connectivity index (χ0) is 15.5. The predicted octanol–water partition coefficient (Wildman–Crippen LogP) is 3.99. The summed E-state index contributed by atoms with van der Waals surface area (Å²) in [5, 5.41) is 7.85. The maximum atomic E-state index is 12.5. The number of carbonyl (C=O) groups excluding carboxylic acids is 1. The van der Waals surface area contributed by atoms with Crippen LogP contribution in [0.3, 0.4) is 0 Å². The van der Waals surface area contributed by atoms with E-state index >= 15 is 0 Å². The average molecular weight is 315 g/mol. The summed E-state index contributed by atoms with van der Waals surface area (Å²) < 4.78 is 1.88. The molecule has 22 heavy (non-hydrogen) atoms. The van der Waals surface area contributed by atoms with Crippen LogP contribution in [-0.2, 0) is 16.3 Å². The Morgan fingerprint density at radius 1 is 1.27 bits per heavy atom. The molecule has 1 aliphatic rings. The molecule has 0 aliphatic carbocycles. The Balaban J connectivity index is 1.97. The van der Waals surface area contributed by atoms with E-state index in [1.54, 1.807) is 0 Å². The van der Waals surface area contributed by atoms with Gasteiger partial charge in [-0.1, -0.05) is 32.0 Å². The molecule has 0 radical (unpaired) electrons. The molecule has 1 aromatic carbocycles. The molecule has 0 saturated carbocycles. The zero-order valence-corrected chi connectivity index (χ0v) is 13.8. The Labute approximate surface area is 135 Å². The van der Waals surface area contributed by atoms with Gasteiger partial charge in [0.15, 0.2) is 0 Å². The smallest absolute Gasteiger partial charge is 0.228 e. The topological polar surface area (TPSA) is 46.9 Å². The quantitative estimate of drug-likeness (QED) is 0.907. The Morgan fingerprint density at radius 3 is 2.68 bits per heavy atom. The van der Waals surface area contributed by atoms with E-state index in [9.17, 15) is 4.79 Å². The number of aromatic nitrogens is 2. The van der Waals surface area contributed by atoms with Crippen molar-refractivity contribution < 1.29 is 4.79 Å². The first kappa shape index (κ1) is 15.2. The van der Waals surface area contributed by atoms with Crippen molar-refractivity contribution in [2.45, 2.75) is 38.2 Å². The number of amides is 1. The molecule has 1 aliphatic heterocycles. The molecule has 2 aromatic rings. The zero-order valence-electron chi connectivity index (χ0n) is 13.0. The second kappa shape index (κ2) is 6.57. The lowest BCUT2D eigenvalue weighted by molar-refractivity contribution is -0.120. The molecule has 0 atom stereocenters. The van der Waals surface area contributed by atoms with Crippen molar-refractivity contribution in [3.63, 3.8) is 0 Å². The van der Waals surface area contributed by atoms with E-state index < -0.39 is 0 Å². The van der Waals surface area contributed by atoms with E-state index in [-0.39, 0.29) is 11.8 Å². The molecule has 4 nitrogen and oxygen atoms in total. The third kappa shape index (κ3) is 2.77. The van der Waals surface area contributed by atoms with Gasteiger partial charge in [-0.3, -0.25) is 4.79 Å². The van der Waals surface area contributed by atoms with Crippen molar-refractivity contribution in [3.8, 4) is 5.69 Å². The van der Waals surface area contributed by atoms with Gasteiger partial charge in [-0.2, -0.15) is 16.9 Å². The number of benzene rings is 1. The van der Waals surface area contributed by atoms with Crippen LogP contribution in [0.1, 0.15) is 37.9 Å². The van der Waals surface area contributed by atoms with E-state index in [0.717, 1.165) is 41.5 Å². The molecular formula is C17H21N3OS. The summed E-state index contributed by atoms with van der Waals surface area (Å²) in [7, 11) is 0. The molecule has 1 N–H and O–H groups in total. The number of rotatable bonds is 5. The molecule has 1 aromatic heterocycles. The Morgan fingerprint density at radius 2 is 2.00 bits per heavy atom. The van der Waals surface area contributed by atoms with Gasteiger partial charge in [0.25, 0.3) is 0 Å². The SMILES string of the molecule is CCC(CC)C(=O)Nc1c2c(nn1-c1ccccc1)CSC2. The van der Waals surface area contributed by atoms with Gasteiger partial charge in [0.2, 0.25) is 5.91 Å². The summed E-state index contributed by atoms with van der Waals surface area (Å²) >= 11 is 1.85. The minimum absolute atomic E-state index is 0.0591. The van der Waals surface area contributed by atoms with E-state index in [2.05, 4.69) is 19.2 Å². The average Bonchev–Trinajstić information content (AvgIpc) is 3.12. The minimum Gasteiger partial charge on any atom is -0.310 e. The lowest BCUT2D eigenvalue weighted by Gasteiger charge is -2.15. The third-order valence-corrected chi connectivity index (χ3v) is 5.12. The minimum atomic E-state index is 0.0591. The maximum Gasteiger partial charge on any atom is 0.228 e. The van der Waals surface area contributed by atoms with Crippen LogP contribution < -0.4 is 5.32 Å². The number of nitrogens with one attached hydrogen (secondary N) is 1. The molecule has 0 fully saturated rings. The van der Waals surface area contributed by atoms with Crippen LogP contribution in [0.25, 0.3) is 5.69 Å². The fourth-order valence-electron chi connectivity index (χ4n) is 2.78. The van der Waals surface area contributed by atoms with Crippen LogP contribution in [0.15, 0.2) is 30.3 Å². The van der Waals surface area contributed by atoms with Gasteiger partial charge >= 0.3 is 0 Å². The van der Waals surface area contributed by atoms with Crippen LogP contribution in [0.5, 0.6) is 0 Å². The van der Waals surface area contributed by atoms with Crippen molar-refractivity contribution in [2.75, 3.05) is 5.32 Å². The van der Waals surface area contributed by atoms with Crippen LogP contribution >= 0.6 is 11.8 Å². The highest BCUT2D eigenvalue weighted by atomic mass is 32.2.